The van der Waals surface area contributed by atoms with Crippen LogP contribution in [0.15, 0.2) is 6.07 Å². The van der Waals surface area contributed by atoms with Gasteiger partial charge >= 0.3 is 0 Å². The minimum Gasteiger partial charge on any atom is -0.359 e. The van der Waals surface area contributed by atoms with E-state index in [-0.39, 0.29) is 0 Å². The molecule has 0 amide bonds. The Balaban J connectivity index is 1.72. The number of aromatic nitrogens is 2. The van der Waals surface area contributed by atoms with Crippen molar-refractivity contribution in [3.63, 3.8) is 0 Å². The summed E-state index contributed by atoms with van der Waals surface area (Å²) in [5, 5.41) is 0. The standard InChI is InChI=1S/C15H25N5/c1-20(10-11-5-3-2-4-6-11)14-9-13(19-16)17-15(18-14)12-7-8-12/h9,11-12H,2-8,10,16H2,1H3,(H,17,18,19). The van der Waals surface area contributed by atoms with E-state index in [0.29, 0.717) is 5.92 Å². The predicted octanol–water partition coefficient (Wildman–Crippen LogP) is 2.66. The highest BCUT2D eigenvalue weighted by Gasteiger charge is 2.28. The van der Waals surface area contributed by atoms with Gasteiger partial charge in [-0.05, 0) is 31.6 Å². The van der Waals surface area contributed by atoms with E-state index in [1.54, 1.807) is 0 Å². The number of anilines is 2. The molecule has 3 rings (SSSR count). The van der Waals surface area contributed by atoms with Crippen LogP contribution in [0.5, 0.6) is 0 Å². The van der Waals surface area contributed by atoms with Crippen LogP contribution < -0.4 is 16.2 Å². The quantitative estimate of drug-likeness (QED) is 0.639. The van der Waals surface area contributed by atoms with Gasteiger partial charge < -0.3 is 10.3 Å². The Hall–Kier alpha value is -1.36. The first-order valence-corrected chi connectivity index (χ1v) is 7.83. The van der Waals surface area contributed by atoms with Gasteiger partial charge in [0.15, 0.2) is 0 Å². The third kappa shape index (κ3) is 3.20. The van der Waals surface area contributed by atoms with Gasteiger partial charge in [-0.25, -0.2) is 15.8 Å². The Morgan fingerprint density at radius 3 is 2.60 bits per heavy atom. The Kier molecular flexibility index (Phi) is 4.05. The molecule has 0 bridgehead atoms. The van der Waals surface area contributed by atoms with Crippen molar-refractivity contribution in [2.45, 2.75) is 50.9 Å². The van der Waals surface area contributed by atoms with Crippen LogP contribution in [0.4, 0.5) is 11.6 Å². The van der Waals surface area contributed by atoms with Crippen molar-refractivity contribution < 1.29 is 0 Å². The Morgan fingerprint density at radius 1 is 1.20 bits per heavy atom. The monoisotopic (exact) mass is 275 g/mol. The fourth-order valence-electron chi connectivity index (χ4n) is 3.10. The molecule has 0 unspecified atom stereocenters. The minimum absolute atomic E-state index is 0.546. The maximum Gasteiger partial charge on any atom is 0.145 e. The van der Waals surface area contributed by atoms with Gasteiger partial charge in [0.1, 0.15) is 17.5 Å². The fourth-order valence-corrected chi connectivity index (χ4v) is 3.10. The number of nitrogens with two attached hydrogens (primary N) is 1. The summed E-state index contributed by atoms with van der Waals surface area (Å²) in [6, 6.07) is 1.95. The summed E-state index contributed by atoms with van der Waals surface area (Å²) in [7, 11) is 2.13. The smallest absolute Gasteiger partial charge is 0.145 e. The molecule has 2 saturated carbocycles. The maximum atomic E-state index is 5.53. The van der Waals surface area contributed by atoms with E-state index >= 15 is 0 Å². The number of nitrogens with one attached hydrogen (secondary N) is 1. The van der Waals surface area contributed by atoms with E-state index in [4.69, 9.17) is 10.8 Å². The summed E-state index contributed by atoms with van der Waals surface area (Å²) >= 11 is 0. The first-order valence-electron chi connectivity index (χ1n) is 7.83. The molecule has 0 aromatic carbocycles. The minimum atomic E-state index is 0.546. The summed E-state index contributed by atoms with van der Waals surface area (Å²) in [6.45, 7) is 1.09. The lowest BCUT2D eigenvalue weighted by Gasteiger charge is -2.28. The van der Waals surface area contributed by atoms with Crippen molar-refractivity contribution in [2.75, 3.05) is 23.9 Å². The van der Waals surface area contributed by atoms with Gasteiger partial charge in [0, 0.05) is 25.6 Å². The second kappa shape index (κ2) is 5.95. The third-order valence-corrected chi connectivity index (χ3v) is 4.47. The molecule has 2 aliphatic carbocycles. The number of hydrogen-bond acceptors (Lipinski definition) is 5. The van der Waals surface area contributed by atoms with Crippen molar-refractivity contribution in [1.82, 2.24) is 9.97 Å². The van der Waals surface area contributed by atoms with Gasteiger partial charge in [0.2, 0.25) is 0 Å². The molecule has 0 saturated heterocycles. The van der Waals surface area contributed by atoms with Gasteiger partial charge in [0.25, 0.3) is 0 Å². The molecule has 1 aromatic rings. The average Bonchev–Trinajstić information content (AvgIpc) is 3.32. The van der Waals surface area contributed by atoms with Crippen molar-refractivity contribution in [3.8, 4) is 0 Å². The average molecular weight is 275 g/mol. The van der Waals surface area contributed by atoms with Gasteiger partial charge in [-0.15, -0.1) is 0 Å². The second-order valence-electron chi connectivity index (χ2n) is 6.27. The number of rotatable bonds is 5. The first-order chi connectivity index (χ1) is 9.76. The topological polar surface area (TPSA) is 67.1 Å². The molecular weight excluding hydrogens is 250 g/mol. The highest BCUT2D eigenvalue weighted by Crippen LogP contribution is 2.39. The third-order valence-electron chi connectivity index (χ3n) is 4.47. The van der Waals surface area contributed by atoms with Crippen molar-refractivity contribution in [2.24, 2.45) is 11.8 Å². The van der Waals surface area contributed by atoms with E-state index in [2.05, 4.69) is 22.4 Å². The summed E-state index contributed by atoms with van der Waals surface area (Å²) in [4.78, 5) is 11.5. The molecule has 20 heavy (non-hydrogen) atoms. The summed E-state index contributed by atoms with van der Waals surface area (Å²) in [5.74, 6) is 9.57. The SMILES string of the molecule is CN(CC1CCCCC1)c1cc(NN)nc(C2CC2)n1. The number of nitrogen functional groups attached to an aromatic ring is 1. The molecule has 2 aliphatic rings. The van der Waals surface area contributed by atoms with E-state index < -0.39 is 0 Å². The number of nitrogens with zero attached hydrogens (tertiary/aromatic N) is 3. The zero-order chi connectivity index (χ0) is 13.9. The Labute approximate surface area is 120 Å². The molecule has 0 aliphatic heterocycles. The second-order valence-corrected chi connectivity index (χ2v) is 6.27. The van der Waals surface area contributed by atoms with Crippen LogP contribution in [0.2, 0.25) is 0 Å². The molecule has 5 heteroatoms. The molecular formula is C15H25N5. The van der Waals surface area contributed by atoms with E-state index in [1.807, 2.05) is 6.07 Å². The normalized spacial score (nSPS) is 19.9. The van der Waals surface area contributed by atoms with Crippen molar-refractivity contribution in [1.29, 1.82) is 0 Å². The highest BCUT2D eigenvalue weighted by atomic mass is 15.3. The summed E-state index contributed by atoms with van der Waals surface area (Å²) in [5.41, 5.74) is 2.67. The zero-order valence-electron chi connectivity index (χ0n) is 12.3. The van der Waals surface area contributed by atoms with Crippen LogP contribution in [0.1, 0.15) is 56.7 Å². The maximum absolute atomic E-state index is 5.53. The van der Waals surface area contributed by atoms with Crippen LogP contribution >= 0.6 is 0 Å². The molecule has 1 heterocycles. The lowest BCUT2D eigenvalue weighted by atomic mass is 9.89. The molecule has 0 radical (unpaired) electrons. The lowest BCUT2D eigenvalue weighted by Crippen LogP contribution is -2.28. The number of hydrogen-bond donors (Lipinski definition) is 2. The molecule has 0 spiro atoms. The molecule has 3 N–H and O–H groups in total. The van der Waals surface area contributed by atoms with Crippen LogP contribution in [0.3, 0.4) is 0 Å². The molecule has 0 atom stereocenters. The van der Waals surface area contributed by atoms with Crippen LogP contribution in [0.25, 0.3) is 0 Å². The summed E-state index contributed by atoms with van der Waals surface area (Å²) < 4.78 is 0. The first kappa shape index (κ1) is 13.6. The zero-order valence-corrected chi connectivity index (χ0v) is 12.3. The van der Waals surface area contributed by atoms with Gasteiger partial charge in [-0.2, -0.15) is 0 Å². The number of hydrazine groups is 1. The molecule has 1 aromatic heterocycles. The summed E-state index contributed by atoms with van der Waals surface area (Å²) in [6.07, 6.45) is 9.29. The predicted molar refractivity (Wildman–Crippen MR) is 81.7 cm³/mol. The molecule has 110 valence electrons. The van der Waals surface area contributed by atoms with Crippen LogP contribution in [0, 0.1) is 5.92 Å². The van der Waals surface area contributed by atoms with Gasteiger partial charge in [-0.1, -0.05) is 19.3 Å². The van der Waals surface area contributed by atoms with Gasteiger partial charge in [0.05, 0.1) is 0 Å². The van der Waals surface area contributed by atoms with Crippen LogP contribution in [-0.4, -0.2) is 23.6 Å². The fraction of sp³-hybridized carbons (Fsp3) is 0.733. The highest BCUT2D eigenvalue weighted by molar-refractivity contribution is 5.49. The van der Waals surface area contributed by atoms with Crippen molar-refractivity contribution >= 4 is 11.6 Å². The molecule has 2 fully saturated rings. The van der Waals surface area contributed by atoms with E-state index in [0.717, 1.165) is 29.9 Å². The van der Waals surface area contributed by atoms with Gasteiger partial charge in [-0.3, -0.25) is 0 Å². The Bertz CT molecular complexity index is 452. The van der Waals surface area contributed by atoms with Crippen LogP contribution in [-0.2, 0) is 0 Å². The largest absolute Gasteiger partial charge is 0.359 e. The van der Waals surface area contributed by atoms with E-state index in [1.165, 1.54) is 44.9 Å². The Morgan fingerprint density at radius 2 is 1.95 bits per heavy atom. The van der Waals surface area contributed by atoms with E-state index in [9.17, 15) is 0 Å². The van der Waals surface area contributed by atoms with Crippen molar-refractivity contribution in [3.05, 3.63) is 11.9 Å². The lowest BCUT2D eigenvalue weighted by molar-refractivity contribution is 0.361. The molecule has 5 nitrogen and oxygen atoms in total.